The fourth-order valence-electron chi connectivity index (χ4n) is 4.04. The highest BCUT2D eigenvalue weighted by Gasteiger charge is 2.39. The van der Waals surface area contributed by atoms with Crippen molar-refractivity contribution in [1.29, 1.82) is 0 Å². The minimum absolute atomic E-state index is 0.717. The molecule has 4 atom stereocenters. The van der Waals surface area contributed by atoms with Crippen LogP contribution in [-0.4, -0.2) is 38.1 Å². The molecule has 1 N–H and O–H groups in total. The summed E-state index contributed by atoms with van der Waals surface area (Å²) >= 11 is 0. The maximum absolute atomic E-state index is 3.75. The van der Waals surface area contributed by atoms with E-state index in [2.05, 4.69) is 31.2 Å². The van der Waals surface area contributed by atoms with Crippen molar-refractivity contribution in [3.63, 3.8) is 0 Å². The molecule has 0 aromatic carbocycles. The van der Waals surface area contributed by atoms with E-state index in [1.165, 1.54) is 45.2 Å². The van der Waals surface area contributed by atoms with Gasteiger partial charge in [-0.2, -0.15) is 0 Å². The van der Waals surface area contributed by atoms with Gasteiger partial charge in [0.15, 0.2) is 0 Å². The summed E-state index contributed by atoms with van der Waals surface area (Å²) in [6, 6.07) is 0.717. The van der Waals surface area contributed by atoms with Crippen LogP contribution in [0.4, 0.5) is 0 Å². The van der Waals surface area contributed by atoms with Gasteiger partial charge in [0.05, 0.1) is 0 Å². The van der Waals surface area contributed by atoms with Gasteiger partial charge in [0.1, 0.15) is 0 Å². The van der Waals surface area contributed by atoms with E-state index < -0.39 is 0 Å². The van der Waals surface area contributed by atoms with Crippen LogP contribution in [0, 0.1) is 17.8 Å². The van der Waals surface area contributed by atoms with Crippen LogP contribution in [0.2, 0.25) is 0 Å². The van der Waals surface area contributed by atoms with Crippen LogP contribution in [0.1, 0.15) is 45.4 Å². The molecule has 0 aliphatic heterocycles. The second-order valence-electron chi connectivity index (χ2n) is 6.58. The number of rotatable bonds is 7. The zero-order valence-electron chi connectivity index (χ0n) is 11.9. The summed E-state index contributed by atoms with van der Waals surface area (Å²) in [5.41, 5.74) is 0. The molecular weight excluding hydrogens is 208 g/mol. The second-order valence-corrected chi connectivity index (χ2v) is 6.58. The van der Waals surface area contributed by atoms with Crippen molar-refractivity contribution >= 4 is 0 Å². The van der Waals surface area contributed by atoms with Gasteiger partial charge >= 0.3 is 0 Å². The summed E-state index contributed by atoms with van der Waals surface area (Å²) in [6.45, 7) is 4.64. The summed E-state index contributed by atoms with van der Waals surface area (Å²) in [4.78, 5) is 2.33. The van der Waals surface area contributed by atoms with Crippen LogP contribution in [0.25, 0.3) is 0 Å². The van der Waals surface area contributed by atoms with Crippen molar-refractivity contribution in [3.05, 3.63) is 0 Å². The smallest absolute Gasteiger partial charge is 0.0197 e. The van der Waals surface area contributed by atoms with Crippen LogP contribution < -0.4 is 5.32 Å². The third-order valence-electron chi connectivity index (χ3n) is 4.74. The van der Waals surface area contributed by atoms with Gasteiger partial charge in [0.2, 0.25) is 0 Å². The first-order valence-electron chi connectivity index (χ1n) is 7.57. The van der Waals surface area contributed by atoms with Crippen molar-refractivity contribution in [2.45, 2.75) is 51.5 Å². The highest BCUT2D eigenvalue weighted by molar-refractivity contribution is 4.92. The highest BCUT2D eigenvalue weighted by Crippen LogP contribution is 2.49. The van der Waals surface area contributed by atoms with Crippen molar-refractivity contribution in [1.82, 2.24) is 10.2 Å². The standard InChI is InChI=1S/C15H30N2/c1-4-7-16-15(11-17(2)3)10-14-9-12-5-6-13(14)8-12/h12-16H,4-11H2,1-3H3. The van der Waals surface area contributed by atoms with Gasteiger partial charge < -0.3 is 10.2 Å². The Balaban J connectivity index is 1.79. The Morgan fingerprint density at radius 1 is 1.24 bits per heavy atom. The topological polar surface area (TPSA) is 15.3 Å². The molecule has 2 heteroatoms. The number of hydrogen-bond acceptors (Lipinski definition) is 2. The lowest BCUT2D eigenvalue weighted by Crippen LogP contribution is -2.40. The lowest BCUT2D eigenvalue weighted by Gasteiger charge is -2.29. The Morgan fingerprint density at radius 3 is 2.59 bits per heavy atom. The van der Waals surface area contributed by atoms with Crippen LogP contribution in [0.3, 0.4) is 0 Å². The third kappa shape index (κ3) is 3.69. The molecule has 17 heavy (non-hydrogen) atoms. The van der Waals surface area contributed by atoms with Gasteiger partial charge in [-0.25, -0.2) is 0 Å². The molecule has 0 radical (unpaired) electrons. The second kappa shape index (κ2) is 6.19. The van der Waals surface area contributed by atoms with Crippen molar-refractivity contribution in [3.8, 4) is 0 Å². The maximum atomic E-state index is 3.75. The molecule has 100 valence electrons. The maximum Gasteiger partial charge on any atom is 0.0197 e. The molecule has 2 saturated carbocycles. The van der Waals surface area contributed by atoms with Gasteiger partial charge in [-0.15, -0.1) is 0 Å². The summed E-state index contributed by atoms with van der Waals surface area (Å²) in [6.07, 6.45) is 8.80. The van der Waals surface area contributed by atoms with Crippen LogP contribution >= 0.6 is 0 Å². The molecule has 0 spiro atoms. The number of likely N-dealkylation sites (N-methyl/N-ethyl adjacent to an activating group) is 1. The summed E-state index contributed by atoms with van der Waals surface area (Å²) < 4.78 is 0. The predicted octanol–water partition coefficient (Wildman–Crippen LogP) is 2.74. The zero-order chi connectivity index (χ0) is 12.3. The van der Waals surface area contributed by atoms with Gasteiger partial charge in [-0.05, 0) is 70.5 Å². The number of nitrogens with zero attached hydrogens (tertiary/aromatic N) is 1. The first-order chi connectivity index (χ1) is 8.19. The molecule has 2 bridgehead atoms. The van der Waals surface area contributed by atoms with Crippen molar-refractivity contribution in [2.24, 2.45) is 17.8 Å². The molecule has 2 aliphatic rings. The summed E-state index contributed by atoms with van der Waals surface area (Å²) in [5, 5.41) is 3.75. The van der Waals surface area contributed by atoms with E-state index >= 15 is 0 Å². The Kier molecular flexibility index (Phi) is 4.87. The van der Waals surface area contributed by atoms with Gasteiger partial charge in [0.25, 0.3) is 0 Å². The van der Waals surface area contributed by atoms with E-state index in [0.29, 0.717) is 6.04 Å². The van der Waals surface area contributed by atoms with Crippen LogP contribution in [0.15, 0.2) is 0 Å². The lowest BCUT2D eigenvalue weighted by molar-refractivity contribution is 0.245. The molecule has 0 aromatic rings. The fraction of sp³-hybridized carbons (Fsp3) is 1.00. The van der Waals surface area contributed by atoms with E-state index in [1.54, 1.807) is 6.42 Å². The zero-order valence-corrected chi connectivity index (χ0v) is 11.9. The normalized spacial score (nSPS) is 33.5. The van der Waals surface area contributed by atoms with Gasteiger partial charge in [-0.1, -0.05) is 13.3 Å². The Labute approximate surface area is 107 Å². The largest absolute Gasteiger partial charge is 0.313 e. The molecule has 0 heterocycles. The van der Waals surface area contributed by atoms with E-state index in [1.807, 2.05) is 0 Å². The van der Waals surface area contributed by atoms with Crippen molar-refractivity contribution < 1.29 is 0 Å². The SMILES string of the molecule is CCCNC(CC1CC2CCC1C2)CN(C)C. The summed E-state index contributed by atoms with van der Waals surface area (Å²) in [5.74, 6) is 3.20. The molecule has 2 fully saturated rings. The molecule has 0 saturated heterocycles. The molecule has 0 aromatic heterocycles. The molecule has 2 nitrogen and oxygen atoms in total. The van der Waals surface area contributed by atoms with E-state index in [0.717, 1.165) is 17.8 Å². The molecule has 0 amide bonds. The highest BCUT2D eigenvalue weighted by atomic mass is 15.1. The summed E-state index contributed by atoms with van der Waals surface area (Å²) in [7, 11) is 4.39. The lowest BCUT2D eigenvalue weighted by atomic mass is 9.84. The van der Waals surface area contributed by atoms with E-state index in [4.69, 9.17) is 0 Å². The first-order valence-corrected chi connectivity index (χ1v) is 7.57. The first kappa shape index (κ1) is 13.4. The number of fused-ring (bicyclic) bond motifs is 2. The van der Waals surface area contributed by atoms with Crippen molar-refractivity contribution in [2.75, 3.05) is 27.2 Å². The predicted molar refractivity (Wildman–Crippen MR) is 74.2 cm³/mol. The minimum atomic E-state index is 0.717. The molecule has 2 rings (SSSR count). The fourth-order valence-corrected chi connectivity index (χ4v) is 4.04. The molecular formula is C15H30N2. The number of hydrogen-bond donors (Lipinski definition) is 1. The van der Waals surface area contributed by atoms with Gasteiger partial charge in [0, 0.05) is 12.6 Å². The van der Waals surface area contributed by atoms with E-state index in [9.17, 15) is 0 Å². The molecule has 2 aliphatic carbocycles. The van der Waals surface area contributed by atoms with E-state index in [-0.39, 0.29) is 0 Å². The van der Waals surface area contributed by atoms with Crippen LogP contribution in [-0.2, 0) is 0 Å². The number of nitrogens with one attached hydrogen (secondary N) is 1. The van der Waals surface area contributed by atoms with Crippen LogP contribution in [0.5, 0.6) is 0 Å². The van der Waals surface area contributed by atoms with Gasteiger partial charge in [-0.3, -0.25) is 0 Å². The monoisotopic (exact) mass is 238 g/mol. The minimum Gasteiger partial charge on any atom is -0.313 e. The average Bonchev–Trinajstić information content (AvgIpc) is 2.86. The Bertz CT molecular complexity index is 227. The Hall–Kier alpha value is -0.0800. The average molecular weight is 238 g/mol. The Morgan fingerprint density at radius 2 is 2.06 bits per heavy atom. The molecule has 4 unspecified atom stereocenters. The third-order valence-corrected chi connectivity index (χ3v) is 4.74. The quantitative estimate of drug-likeness (QED) is 0.733.